The Balaban J connectivity index is 2.18. The standard InChI is InChI=1S/C17H25FN2O/c1-4-17(5-2,16(21)19-3)15-10-9-14(20-15)12-7-6-8-13(18)11-12/h6-8,11,14-15,20H,4-5,9-10H2,1-3H3,(H,19,21)/t14-,15+/m0/s1. The first-order valence-corrected chi connectivity index (χ1v) is 7.81. The smallest absolute Gasteiger partial charge is 0.227 e. The molecule has 0 aliphatic carbocycles. The zero-order valence-corrected chi connectivity index (χ0v) is 13.1. The van der Waals surface area contributed by atoms with E-state index in [2.05, 4.69) is 24.5 Å². The predicted molar refractivity (Wildman–Crippen MR) is 82.4 cm³/mol. The van der Waals surface area contributed by atoms with Crippen LogP contribution in [0.3, 0.4) is 0 Å². The summed E-state index contributed by atoms with van der Waals surface area (Å²) in [5, 5.41) is 6.37. The molecule has 1 heterocycles. The van der Waals surface area contributed by atoms with E-state index in [9.17, 15) is 9.18 Å². The number of hydrogen-bond acceptors (Lipinski definition) is 2. The Morgan fingerprint density at radius 2 is 2.10 bits per heavy atom. The van der Waals surface area contributed by atoms with Gasteiger partial charge in [-0.2, -0.15) is 0 Å². The molecule has 0 aromatic heterocycles. The van der Waals surface area contributed by atoms with Crippen LogP contribution in [0.5, 0.6) is 0 Å². The molecule has 21 heavy (non-hydrogen) atoms. The highest BCUT2D eigenvalue weighted by molar-refractivity contribution is 5.83. The van der Waals surface area contributed by atoms with Crippen molar-refractivity contribution in [1.82, 2.24) is 10.6 Å². The van der Waals surface area contributed by atoms with Crippen LogP contribution in [0.1, 0.15) is 51.1 Å². The lowest BCUT2D eigenvalue weighted by atomic mass is 9.74. The third-order valence-corrected chi connectivity index (χ3v) is 5.01. The first-order chi connectivity index (χ1) is 10.1. The Kier molecular flexibility index (Phi) is 4.99. The highest BCUT2D eigenvalue weighted by atomic mass is 19.1. The van der Waals surface area contributed by atoms with Crippen LogP contribution in [0, 0.1) is 11.2 Å². The number of carbonyl (C=O) groups excluding carboxylic acids is 1. The number of nitrogens with one attached hydrogen (secondary N) is 2. The summed E-state index contributed by atoms with van der Waals surface area (Å²) in [4.78, 5) is 12.4. The van der Waals surface area contributed by atoms with E-state index >= 15 is 0 Å². The maximum Gasteiger partial charge on any atom is 0.227 e. The molecule has 1 aliphatic rings. The zero-order chi connectivity index (χ0) is 15.5. The molecular weight excluding hydrogens is 267 g/mol. The van der Waals surface area contributed by atoms with Gasteiger partial charge in [0.05, 0.1) is 5.41 Å². The molecule has 3 nitrogen and oxygen atoms in total. The van der Waals surface area contributed by atoms with Crippen LogP contribution < -0.4 is 10.6 Å². The highest BCUT2D eigenvalue weighted by Crippen LogP contribution is 2.40. The minimum Gasteiger partial charge on any atom is -0.359 e. The van der Waals surface area contributed by atoms with E-state index in [0.29, 0.717) is 0 Å². The lowest BCUT2D eigenvalue weighted by molar-refractivity contribution is -0.132. The van der Waals surface area contributed by atoms with E-state index in [1.807, 2.05) is 6.07 Å². The zero-order valence-electron chi connectivity index (χ0n) is 13.1. The fourth-order valence-corrected chi connectivity index (χ4v) is 3.64. The average Bonchev–Trinajstić information content (AvgIpc) is 2.99. The van der Waals surface area contributed by atoms with Crippen LogP contribution in [0.15, 0.2) is 24.3 Å². The third kappa shape index (κ3) is 2.95. The van der Waals surface area contributed by atoms with Crippen LogP contribution in [-0.2, 0) is 4.79 Å². The Morgan fingerprint density at radius 3 is 2.67 bits per heavy atom. The Morgan fingerprint density at radius 1 is 1.38 bits per heavy atom. The highest BCUT2D eigenvalue weighted by Gasteiger charge is 2.45. The summed E-state index contributed by atoms with van der Waals surface area (Å²) in [6, 6.07) is 7.00. The van der Waals surface area contributed by atoms with Gasteiger partial charge in [-0.3, -0.25) is 4.79 Å². The number of benzene rings is 1. The number of carbonyl (C=O) groups is 1. The summed E-state index contributed by atoms with van der Waals surface area (Å²) in [6.45, 7) is 4.13. The Hall–Kier alpha value is -1.42. The molecule has 116 valence electrons. The summed E-state index contributed by atoms with van der Waals surface area (Å²) in [5.41, 5.74) is 0.590. The summed E-state index contributed by atoms with van der Waals surface area (Å²) in [6.07, 6.45) is 3.48. The quantitative estimate of drug-likeness (QED) is 0.875. The average molecular weight is 292 g/mol. The monoisotopic (exact) mass is 292 g/mol. The number of halogens is 1. The van der Waals surface area contributed by atoms with Gasteiger partial charge in [-0.15, -0.1) is 0 Å². The van der Waals surface area contributed by atoms with Gasteiger partial charge in [0.2, 0.25) is 5.91 Å². The van der Waals surface area contributed by atoms with Crippen molar-refractivity contribution in [1.29, 1.82) is 0 Å². The van der Waals surface area contributed by atoms with Crippen molar-refractivity contribution in [2.24, 2.45) is 5.41 Å². The molecule has 4 heteroatoms. The van der Waals surface area contributed by atoms with Gasteiger partial charge in [-0.1, -0.05) is 26.0 Å². The predicted octanol–water partition coefficient (Wildman–Crippen LogP) is 3.17. The number of rotatable bonds is 5. The molecule has 1 aromatic carbocycles. The maximum atomic E-state index is 13.4. The minimum atomic E-state index is -0.378. The van der Waals surface area contributed by atoms with Gasteiger partial charge in [0.25, 0.3) is 0 Å². The molecule has 0 unspecified atom stereocenters. The molecule has 1 aliphatic heterocycles. The molecule has 2 N–H and O–H groups in total. The topological polar surface area (TPSA) is 41.1 Å². The van der Waals surface area contributed by atoms with Crippen molar-refractivity contribution >= 4 is 5.91 Å². The fourth-order valence-electron chi connectivity index (χ4n) is 3.64. The summed E-state index contributed by atoms with van der Waals surface area (Å²) in [7, 11) is 1.70. The fraction of sp³-hybridized carbons (Fsp3) is 0.588. The maximum absolute atomic E-state index is 13.4. The summed E-state index contributed by atoms with van der Waals surface area (Å²) < 4.78 is 13.4. The van der Waals surface area contributed by atoms with E-state index < -0.39 is 0 Å². The second-order valence-electron chi connectivity index (χ2n) is 5.85. The first-order valence-electron chi connectivity index (χ1n) is 7.81. The van der Waals surface area contributed by atoms with E-state index in [0.717, 1.165) is 31.2 Å². The van der Waals surface area contributed by atoms with Crippen LogP contribution in [0.25, 0.3) is 0 Å². The van der Waals surface area contributed by atoms with Crippen LogP contribution >= 0.6 is 0 Å². The van der Waals surface area contributed by atoms with Gasteiger partial charge in [0.1, 0.15) is 5.82 Å². The Labute approximate surface area is 126 Å². The van der Waals surface area contributed by atoms with E-state index in [1.165, 1.54) is 6.07 Å². The normalized spacial score (nSPS) is 22.3. The van der Waals surface area contributed by atoms with Crippen LogP contribution in [-0.4, -0.2) is 19.0 Å². The lowest BCUT2D eigenvalue weighted by Crippen LogP contribution is -2.51. The molecule has 2 rings (SSSR count). The van der Waals surface area contributed by atoms with E-state index in [4.69, 9.17) is 0 Å². The van der Waals surface area contributed by atoms with Gasteiger partial charge in [-0.25, -0.2) is 4.39 Å². The molecular formula is C17H25FN2O. The van der Waals surface area contributed by atoms with Crippen molar-refractivity contribution < 1.29 is 9.18 Å². The molecule has 0 bridgehead atoms. The molecule has 2 atom stereocenters. The third-order valence-electron chi connectivity index (χ3n) is 5.01. The minimum absolute atomic E-state index is 0.102. The summed E-state index contributed by atoms with van der Waals surface area (Å²) in [5.74, 6) is -0.105. The largest absolute Gasteiger partial charge is 0.359 e. The number of hydrogen-bond donors (Lipinski definition) is 2. The van der Waals surface area contributed by atoms with Gasteiger partial charge >= 0.3 is 0 Å². The molecule has 1 amide bonds. The molecule has 1 fully saturated rings. The molecule has 0 radical (unpaired) electrons. The van der Waals surface area contributed by atoms with Crippen molar-refractivity contribution in [3.05, 3.63) is 35.6 Å². The SMILES string of the molecule is CCC(CC)(C(=O)NC)[C@H]1CC[C@@H](c2cccc(F)c2)N1. The van der Waals surface area contributed by atoms with E-state index in [1.54, 1.807) is 19.2 Å². The van der Waals surface area contributed by atoms with Crippen molar-refractivity contribution in [3.63, 3.8) is 0 Å². The first kappa shape index (κ1) is 16.0. The van der Waals surface area contributed by atoms with Crippen LogP contribution in [0.4, 0.5) is 4.39 Å². The second-order valence-corrected chi connectivity index (χ2v) is 5.85. The molecule has 1 saturated heterocycles. The van der Waals surface area contributed by atoms with Gasteiger partial charge < -0.3 is 10.6 Å². The summed E-state index contributed by atoms with van der Waals surface area (Å²) >= 11 is 0. The Bertz CT molecular complexity index is 499. The van der Waals surface area contributed by atoms with Crippen molar-refractivity contribution in [3.8, 4) is 0 Å². The lowest BCUT2D eigenvalue weighted by Gasteiger charge is -2.36. The van der Waals surface area contributed by atoms with Gasteiger partial charge in [-0.05, 0) is 43.4 Å². The van der Waals surface area contributed by atoms with Crippen molar-refractivity contribution in [2.75, 3.05) is 7.05 Å². The number of amides is 1. The van der Waals surface area contributed by atoms with Gasteiger partial charge in [0, 0.05) is 19.1 Å². The molecule has 0 spiro atoms. The second kappa shape index (κ2) is 6.56. The van der Waals surface area contributed by atoms with Crippen LogP contribution in [0.2, 0.25) is 0 Å². The van der Waals surface area contributed by atoms with Crippen molar-refractivity contribution in [2.45, 2.75) is 51.6 Å². The van der Waals surface area contributed by atoms with Gasteiger partial charge in [0.15, 0.2) is 0 Å². The molecule has 0 saturated carbocycles. The molecule has 1 aromatic rings. The van der Waals surface area contributed by atoms with E-state index in [-0.39, 0.29) is 29.2 Å².